The molecule has 6 rings (SSSR count). The summed E-state index contributed by atoms with van der Waals surface area (Å²) >= 11 is 0. The SMILES string of the molecule is Nc1nc2c(ncn2[C@@H]2O[C@H](CO)[C@@H](F)[C@H]2OP(=O)(O)OC[C@H]2O[C@@H](n3cnc4c(O)ncnc43)[C@H](O)[C@@H]2O)c(=O)[nH]1. The van der Waals surface area contributed by atoms with Crippen molar-refractivity contribution in [1.29, 1.82) is 0 Å². The van der Waals surface area contributed by atoms with Crippen molar-refractivity contribution in [3.05, 3.63) is 29.3 Å². The van der Waals surface area contributed by atoms with Crippen molar-refractivity contribution in [3.63, 3.8) is 0 Å². The highest BCUT2D eigenvalue weighted by Gasteiger charge is 2.51. The summed E-state index contributed by atoms with van der Waals surface area (Å²) in [6, 6.07) is 0. The second-order valence-electron chi connectivity index (χ2n) is 9.37. The van der Waals surface area contributed by atoms with Crippen LogP contribution in [-0.4, -0.2) is 114 Å². The summed E-state index contributed by atoms with van der Waals surface area (Å²) in [5.74, 6) is -0.719. The lowest BCUT2D eigenvalue weighted by atomic mass is 10.1. The lowest BCUT2D eigenvalue weighted by molar-refractivity contribution is -0.0615. The van der Waals surface area contributed by atoms with Crippen LogP contribution in [0.3, 0.4) is 0 Å². The first-order valence-corrected chi connectivity index (χ1v) is 13.6. The van der Waals surface area contributed by atoms with E-state index in [1.807, 2.05) is 0 Å². The van der Waals surface area contributed by atoms with Crippen molar-refractivity contribution in [1.82, 2.24) is 39.0 Å². The van der Waals surface area contributed by atoms with E-state index in [-0.39, 0.29) is 28.3 Å². The van der Waals surface area contributed by atoms with E-state index in [0.717, 1.165) is 17.2 Å². The van der Waals surface area contributed by atoms with Gasteiger partial charge in [-0.25, -0.2) is 23.9 Å². The van der Waals surface area contributed by atoms with Crippen LogP contribution in [0.25, 0.3) is 22.3 Å². The third-order valence-corrected chi connectivity index (χ3v) is 7.76. The van der Waals surface area contributed by atoms with Gasteiger partial charge in [-0.2, -0.15) is 9.97 Å². The number of aromatic hydroxyl groups is 1. The van der Waals surface area contributed by atoms with Crippen LogP contribution >= 0.6 is 7.82 Å². The number of anilines is 1. The Morgan fingerprint density at radius 1 is 1.05 bits per heavy atom. The molecule has 20 nitrogen and oxygen atoms in total. The maximum atomic E-state index is 15.2. The van der Waals surface area contributed by atoms with Gasteiger partial charge in [0.15, 0.2) is 41.0 Å². The van der Waals surface area contributed by atoms with Crippen molar-refractivity contribution >= 4 is 36.1 Å². The van der Waals surface area contributed by atoms with Gasteiger partial charge in [0, 0.05) is 0 Å². The van der Waals surface area contributed by atoms with Gasteiger partial charge in [0.1, 0.15) is 36.8 Å². The highest BCUT2D eigenvalue weighted by Crippen LogP contribution is 2.50. The third-order valence-electron chi connectivity index (χ3n) is 6.78. The maximum absolute atomic E-state index is 15.2. The number of phosphoric ester groups is 1. The first-order chi connectivity index (χ1) is 20.0. The minimum Gasteiger partial charge on any atom is -0.492 e. The topological polar surface area (TPSA) is 288 Å². The Kier molecular flexibility index (Phi) is 7.15. The fraction of sp³-hybridized carbons (Fsp3) is 0.500. The molecule has 0 spiro atoms. The number of rotatable bonds is 8. The Bertz CT molecular complexity index is 1730. The summed E-state index contributed by atoms with van der Waals surface area (Å²) in [6.45, 7) is -1.64. The molecule has 4 aromatic heterocycles. The fourth-order valence-corrected chi connectivity index (χ4v) is 5.71. The van der Waals surface area contributed by atoms with Crippen molar-refractivity contribution < 1.29 is 52.8 Å². The van der Waals surface area contributed by atoms with E-state index < -0.39 is 81.6 Å². The molecule has 226 valence electrons. The predicted molar refractivity (Wildman–Crippen MR) is 132 cm³/mol. The Hall–Kier alpha value is -3.66. The second-order valence-corrected chi connectivity index (χ2v) is 10.8. The van der Waals surface area contributed by atoms with Crippen molar-refractivity contribution in [2.24, 2.45) is 0 Å². The molecule has 42 heavy (non-hydrogen) atoms. The standard InChI is InChI=1S/C20H23FN9O11P/c21-8-6(1-31)39-19(30-5-26-10-15(30)27-20(22)28-17(10)35)13(8)41-42(36,37)38-2-7-11(32)12(33)18(40-7)29-4-25-9-14(29)23-3-24-16(9)34/h3-8,11-13,18-19,31-33H,1-2H2,(H,36,37)(H,23,24,34)(H3,22,27,28,35)/t6-,7-,8-,11-,12-,13-,18-,19-/m1/s1. The van der Waals surface area contributed by atoms with Crippen molar-refractivity contribution in [3.8, 4) is 5.88 Å². The fourth-order valence-electron chi connectivity index (χ4n) is 4.78. The van der Waals surface area contributed by atoms with Crippen LogP contribution in [0.15, 0.2) is 23.8 Å². The number of phosphoric acid groups is 1. The molecule has 4 aromatic rings. The molecule has 8 N–H and O–H groups in total. The molecule has 0 amide bonds. The monoisotopic (exact) mass is 615 g/mol. The molecule has 2 aliphatic rings. The molecule has 2 saturated heterocycles. The van der Waals surface area contributed by atoms with Crippen LogP contribution in [0.5, 0.6) is 5.88 Å². The zero-order valence-corrected chi connectivity index (χ0v) is 21.9. The minimum absolute atomic E-state index is 0.000731. The second kappa shape index (κ2) is 10.6. The number of nitrogen functional groups attached to an aromatic ring is 1. The van der Waals surface area contributed by atoms with Gasteiger partial charge in [0.2, 0.25) is 11.8 Å². The number of nitrogens with two attached hydrogens (primary N) is 1. The molecular formula is C20H23FN9O11P. The molecule has 0 radical (unpaired) electrons. The van der Waals surface area contributed by atoms with E-state index in [1.165, 1.54) is 10.9 Å². The van der Waals surface area contributed by atoms with Crippen LogP contribution in [0.2, 0.25) is 0 Å². The summed E-state index contributed by atoms with van der Waals surface area (Å²) in [5, 5.41) is 40.5. The number of hydrogen-bond donors (Lipinski definition) is 7. The number of ether oxygens (including phenoxy) is 2. The third kappa shape index (κ3) is 4.79. The largest absolute Gasteiger partial charge is 0.492 e. The van der Waals surface area contributed by atoms with Crippen LogP contribution in [0.1, 0.15) is 12.5 Å². The van der Waals surface area contributed by atoms with Crippen LogP contribution in [0, 0.1) is 0 Å². The van der Waals surface area contributed by atoms with Gasteiger partial charge in [-0.15, -0.1) is 0 Å². The maximum Gasteiger partial charge on any atom is 0.472 e. The van der Waals surface area contributed by atoms with E-state index in [1.54, 1.807) is 0 Å². The zero-order chi connectivity index (χ0) is 29.9. The number of imidazole rings is 2. The zero-order valence-electron chi connectivity index (χ0n) is 21.0. The van der Waals surface area contributed by atoms with Gasteiger partial charge in [-0.1, -0.05) is 0 Å². The lowest BCUT2D eigenvalue weighted by Crippen LogP contribution is -2.34. The molecule has 2 aliphatic heterocycles. The molecule has 0 aromatic carbocycles. The van der Waals surface area contributed by atoms with Gasteiger partial charge in [-0.05, 0) is 0 Å². The van der Waals surface area contributed by atoms with Gasteiger partial charge >= 0.3 is 7.82 Å². The molecule has 2 fully saturated rings. The van der Waals surface area contributed by atoms with Gasteiger partial charge < -0.3 is 40.5 Å². The van der Waals surface area contributed by atoms with Crippen molar-refractivity contribution in [2.45, 2.75) is 49.1 Å². The number of H-pyrrole nitrogens is 1. The first-order valence-electron chi connectivity index (χ1n) is 12.2. The first kappa shape index (κ1) is 28.5. The van der Waals surface area contributed by atoms with Gasteiger partial charge in [0.05, 0.1) is 25.9 Å². The number of aromatic amines is 1. The molecule has 6 heterocycles. The Morgan fingerprint density at radius 3 is 2.48 bits per heavy atom. The van der Waals surface area contributed by atoms with Gasteiger partial charge in [0.25, 0.3) is 5.56 Å². The highest BCUT2D eigenvalue weighted by atomic mass is 31.2. The van der Waals surface area contributed by atoms with E-state index >= 15 is 4.39 Å². The van der Waals surface area contributed by atoms with E-state index in [9.17, 15) is 34.7 Å². The number of nitrogens with one attached hydrogen (secondary N) is 1. The van der Waals surface area contributed by atoms with Crippen molar-refractivity contribution in [2.75, 3.05) is 18.9 Å². The smallest absolute Gasteiger partial charge is 0.472 e. The number of aromatic nitrogens is 8. The molecule has 0 saturated carbocycles. The number of halogens is 1. The average Bonchev–Trinajstić information content (AvgIpc) is 3.69. The predicted octanol–water partition coefficient (Wildman–Crippen LogP) is -2.40. The molecule has 1 unspecified atom stereocenters. The number of aliphatic hydroxyl groups excluding tert-OH is 3. The Balaban J connectivity index is 1.19. The molecule has 0 bridgehead atoms. The number of fused-ring (bicyclic) bond motifs is 2. The molecule has 0 aliphatic carbocycles. The van der Waals surface area contributed by atoms with Crippen LogP contribution in [-0.2, 0) is 23.1 Å². The van der Waals surface area contributed by atoms with E-state index in [0.29, 0.717) is 0 Å². The minimum atomic E-state index is -5.15. The molecular weight excluding hydrogens is 592 g/mol. The Morgan fingerprint density at radius 2 is 1.74 bits per heavy atom. The summed E-state index contributed by atoms with van der Waals surface area (Å²) in [5.41, 5.74) is 4.62. The summed E-state index contributed by atoms with van der Waals surface area (Å²) < 4.78 is 51.6. The van der Waals surface area contributed by atoms with Crippen LogP contribution < -0.4 is 11.3 Å². The molecule has 9 atom stereocenters. The van der Waals surface area contributed by atoms with E-state index in [2.05, 4.69) is 29.9 Å². The van der Waals surface area contributed by atoms with Gasteiger partial charge in [-0.3, -0.25) is 28.0 Å². The summed E-state index contributed by atoms with van der Waals surface area (Å²) in [6.07, 6.45) is -9.71. The highest BCUT2D eigenvalue weighted by molar-refractivity contribution is 7.47. The number of hydrogen-bond acceptors (Lipinski definition) is 16. The quantitative estimate of drug-likeness (QED) is 0.102. The summed E-state index contributed by atoms with van der Waals surface area (Å²) in [7, 11) is -5.15. The molecule has 22 heteroatoms. The number of aliphatic hydroxyl groups is 3. The van der Waals surface area contributed by atoms with E-state index in [4.69, 9.17) is 24.3 Å². The Labute approximate surface area is 231 Å². The number of nitrogens with zero attached hydrogens (tertiary/aromatic N) is 7. The normalized spacial score (nSPS) is 31.3. The van der Waals surface area contributed by atoms with Crippen LogP contribution in [0.4, 0.5) is 10.3 Å². The summed E-state index contributed by atoms with van der Waals surface area (Å²) in [4.78, 5) is 44.2. The lowest BCUT2D eigenvalue weighted by Gasteiger charge is -2.24. The average molecular weight is 615 g/mol. The number of alkyl halides is 1.